The van der Waals surface area contributed by atoms with Crippen molar-refractivity contribution in [3.63, 3.8) is 0 Å². The summed E-state index contributed by atoms with van der Waals surface area (Å²) in [5, 5.41) is 5.61. The standard InChI is InChI=1S/C19H15F3N4O3S/c1-3-9-26-16(28)13(15(27)23-18(26)30)10-12-14(19(20,21)22)24-25(2)17(12)29-11-7-5-4-6-8-11/h3-8,10H,1,9H2,2H3,(H,23,27,30). The van der Waals surface area contributed by atoms with Gasteiger partial charge in [-0.1, -0.05) is 24.3 Å². The van der Waals surface area contributed by atoms with Crippen molar-refractivity contribution in [2.24, 2.45) is 7.05 Å². The maximum Gasteiger partial charge on any atom is 0.435 e. The third-order valence-electron chi connectivity index (χ3n) is 4.04. The lowest BCUT2D eigenvalue weighted by Crippen LogP contribution is -2.53. The van der Waals surface area contributed by atoms with Crippen molar-refractivity contribution in [2.45, 2.75) is 6.18 Å². The van der Waals surface area contributed by atoms with Crippen LogP contribution < -0.4 is 10.1 Å². The highest BCUT2D eigenvalue weighted by molar-refractivity contribution is 7.80. The van der Waals surface area contributed by atoms with Crippen molar-refractivity contribution in [3.8, 4) is 11.6 Å². The Morgan fingerprint density at radius 1 is 1.27 bits per heavy atom. The van der Waals surface area contributed by atoms with Crippen LogP contribution in [0, 0.1) is 0 Å². The molecule has 0 unspecified atom stereocenters. The van der Waals surface area contributed by atoms with E-state index in [-0.39, 0.29) is 23.3 Å². The number of carbonyl (C=O) groups excluding carboxylic acids is 2. The van der Waals surface area contributed by atoms with Gasteiger partial charge in [0.25, 0.3) is 11.8 Å². The van der Waals surface area contributed by atoms with Gasteiger partial charge in [0.15, 0.2) is 10.8 Å². The van der Waals surface area contributed by atoms with Crippen LogP contribution in [-0.4, -0.2) is 38.2 Å². The molecule has 0 aliphatic carbocycles. The molecule has 0 saturated carbocycles. The maximum absolute atomic E-state index is 13.6. The molecular weight excluding hydrogens is 421 g/mol. The molecule has 30 heavy (non-hydrogen) atoms. The first-order valence-corrected chi connectivity index (χ1v) is 8.91. The van der Waals surface area contributed by atoms with Crippen LogP contribution in [0.4, 0.5) is 13.2 Å². The van der Waals surface area contributed by atoms with Gasteiger partial charge in [-0.2, -0.15) is 18.3 Å². The lowest BCUT2D eigenvalue weighted by Gasteiger charge is -2.27. The molecule has 11 heteroatoms. The second-order valence-corrected chi connectivity index (χ2v) is 6.51. The molecule has 3 rings (SSSR count). The number of nitrogens with one attached hydrogen (secondary N) is 1. The number of hydrogen-bond donors (Lipinski definition) is 1. The molecule has 0 spiro atoms. The number of aryl methyl sites for hydroxylation is 1. The summed E-state index contributed by atoms with van der Waals surface area (Å²) < 4.78 is 47.3. The monoisotopic (exact) mass is 436 g/mol. The molecular formula is C19H15F3N4O3S. The van der Waals surface area contributed by atoms with Crippen LogP contribution in [0.15, 0.2) is 48.6 Å². The third kappa shape index (κ3) is 4.10. The van der Waals surface area contributed by atoms with Crippen molar-refractivity contribution in [1.82, 2.24) is 20.0 Å². The lowest BCUT2D eigenvalue weighted by atomic mass is 10.1. The van der Waals surface area contributed by atoms with E-state index in [0.29, 0.717) is 0 Å². The number of ether oxygens (including phenoxy) is 1. The van der Waals surface area contributed by atoms with Gasteiger partial charge in [0.1, 0.15) is 11.3 Å². The summed E-state index contributed by atoms with van der Waals surface area (Å²) in [6.45, 7) is 3.47. The summed E-state index contributed by atoms with van der Waals surface area (Å²) in [6, 6.07) is 8.07. The molecule has 2 aromatic rings. The first kappa shape index (κ1) is 21.2. The Bertz CT molecular complexity index is 1060. The summed E-state index contributed by atoms with van der Waals surface area (Å²) in [4.78, 5) is 26.0. The number of para-hydroxylation sites is 1. The number of amides is 2. The van der Waals surface area contributed by atoms with Gasteiger partial charge in [-0.3, -0.25) is 19.8 Å². The van der Waals surface area contributed by atoms with Crippen LogP contribution in [0.1, 0.15) is 11.3 Å². The first-order chi connectivity index (χ1) is 14.1. The van der Waals surface area contributed by atoms with Crippen LogP contribution in [0.25, 0.3) is 6.08 Å². The highest BCUT2D eigenvalue weighted by Gasteiger charge is 2.41. The fraction of sp³-hybridized carbons (Fsp3) is 0.158. The molecule has 1 aliphatic heterocycles. The summed E-state index contributed by atoms with van der Waals surface area (Å²) in [5.74, 6) is -1.81. The van der Waals surface area contributed by atoms with Gasteiger partial charge in [-0.25, -0.2) is 4.68 Å². The predicted molar refractivity (Wildman–Crippen MR) is 105 cm³/mol. The van der Waals surface area contributed by atoms with Crippen LogP contribution in [0.5, 0.6) is 11.6 Å². The number of halogens is 3. The van der Waals surface area contributed by atoms with Crippen molar-refractivity contribution in [2.75, 3.05) is 6.54 Å². The van der Waals surface area contributed by atoms with E-state index in [2.05, 4.69) is 17.0 Å². The molecule has 156 valence electrons. The number of carbonyl (C=O) groups is 2. The summed E-state index contributed by atoms with van der Waals surface area (Å²) in [6.07, 6.45) is -2.68. The van der Waals surface area contributed by atoms with E-state index >= 15 is 0 Å². The maximum atomic E-state index is 13.6. The topological polar surface area (TPSA) is 76.5 Å². The van der Waals surface area contributed by atoms with Gasteiger partial charge < -0.3 is 4.74 Å². The Labute approximate surface area is 174 Å². The molecule has 2 amide bonds. The lowest BCUT2D eigenvalue weighted by molar-refractivity contribution is -0.141. The number of aromatic nitrogens is 2. The zero-order valence-electron chi connectivity index (χ0n) is 15.6. The quantitative estimate of drug-likeness (QED) is 0.338. The van der Waals surface area contributed by atoms with Crippen LogP contribution in [0.2, 0.25) is 0 Å². The van der Waals surface area contributed by atoms with Crippen LogP contribution in [0.3, 0.4) is 0 Å². The third-order valence-corrected chi connectivity index (χ3v) is 4.36. The van der Waals surface area contributed by atoms with Crippen molar-refractivity contribution in [1.29, 1.82) is 0 Å². The Kier molecular flexibility index (Phi) is 5.74. The minimum atomic E-state index is -4.85. The molecule has 1 aromatic heterocycles. The van der Waals surface area contributed by atoms with E-state index in [4.69, 9.17) is 17.0 Å². The number of alkyl halides is 3. The molecule has 7 nitrogen and oxygen atoms in total. The van der Waals surface area contributed by atoms with Crippen molar-refractivity contribution in [3.05, 3.63) is 59.8 Å². The van der Waals surface area contributed by atoms with Crippen molar-refractivity contribution >= 4 is 35.2 Å². The van der Waals surface area contributed by atoms with Gasteiger partial charge in [-0.05, 0) is 30.4 Å². The van der Waals surface area contributed by atoms with Gasteiger partial charge >= 0.3 is 6.18 Å². The molecule has 2 heterocycles. The summed E-state index contributed by atoms with van der Waals surface area (Å²) in [7, 11) is 1.26. The fourth-order valence-corrected chi connectivity index (χ4v) is 2.97. The Morgan fingerprint density at radius 3 is 2.53 bits per heavy atom. The van der Waals surface area contributed by atoms with Crippen LogP contribution in [-0.2, 0) is 22.8 Å². The average Bonchev–Trinajstić information content (AvgIpc) is 2.99. The highest BCUT2D eigenvalue weighted by Crippen LogP contribution is 2.38. The number of rotatable bonds is 5. The van der Waals surface area contributed by atoms with E-state index in [0.717, 1.165) is 15.7 Å². The van der Waals surface area contributed by atoms with Crippen molar-refractivity contribution < 1.29 is 27.5 Å². The second kappa shape index (κ2) is 8.11. The zero-order valence-corrected chi connectivity index (χ0v) is 16.4. The van der Waals surface area contributed by atoms with Gasteiger partial charge in [0.2, 0.25) is 5.88 Å². The molecule has 1 saturated heterocycles. The SMILES string of the molecule is C=CCN1C(=O)C(=Cc2c(C(F)(F)F)nn(C)c2Oc2ccccc2)C(=O)NC1=S. The van der Waals surface area contributed by atoms with E-state index in [9.17, 15) is 22.8 Å². The van der Waals surface area contributed by atoms with E-state index in [1.54, 1.807) is 30.3 Å². The average molecular weight is 436 g/mol. The molecule has 0 bridgehead atoms. The normalized spacial score (nSPS) is 16.1. The van der Waals surface area contributed by atoms with Gasteiger partial charge in [0.05, 0.1) is 5.56 Å². The Balaban J connectivity index is 2.15. The van der Waals surface area contributed by atoms with Gasteiger partial charge in [-0.15, -0.1) is 6.58 Å². The molecule has 1 aliphatic rings. The zero-order chi connectivity index (χ0) is 22.1. The Morgan fingerprint density at radius 2 is 1.93 bits per heavy atom. The molecule has 0 atom stereocenters. The molecule has 1 aromatic carbocycles. The summed E-state index contributed by atoms with van der Waals surface area (Å²) >= 11 is 4.94. The number of thiocarbonyl (C=S) groups is 1. The fourth-order valence-electron chi connectivity index (χ4n) is 2.72. The van der Waals surface area contributed by atoms with Gasteiger partial charge in [0, 0.05) is 13.6 Å². The Hall–Kier alpha value is -3.47. The molecule has 1 N–H and O–H groups in total. The minimum absolute atomic E-state index is 0.0260. The number of nitrogens with zero attached hydrogens (tertiary/aromatic N) is 3. The van der Waals surface area contributed by atoms with Crippen LogP contribution >= 0.6 is 12.2 Å². The van der Waals surface area contributed by atoms with E-state index in [1.807, 2.05) is 0 Å². The number of hydrogen-bond acceptors (Lipinski definition) is 5. The second-order valence-electron chi connectivity index (χ2n) is 6.13. The smallest absolute Gasteiger partial charge is 0.435 e. The number of benzene rings is 1. The first-order valence-electron chi connectivity index (χ1n) is 8.50. The molecule has 1 fully saturated rings. The van der Waals surface area contributed by atoms with E-state index in [1.165, 1.54) is 13.1 Å². The largest absolute Gasteiger partial charge is 0.439 e. The minimum Gasteiger partial charge on any atom is -0.439 e. The summed E-state index contributed by atoms with van der Waals surface area (Å²) in [5.41, 5.74) is -2.40. The highest BCUT2D eigenvalue weighted by atomic mass is 32.1. The van der Waals surface area contributed by atoms with E-state index < -0.39 is 34.8 Å². The predicted octanol–water partition coefficient (Wildman–Crippen LogP) is 3.04. The molecule has 0 radical (unpaired) electrons.